The zero-order valence-electron chi connectivity index (χ0n) is 15.0. The van der Waals surface area contributed by atoms with Crippen molar-refractivity contribution in [1.82, 2.24) is 10.4 Å². The van der Waals surface area contributed by atoms with Gasteiger partial charge >= 0.3 is 0 Å². The third-order valence-electron chi connectivity index (χ3n) is 3.78. The Hall–Kier alpha value is -3.51. The van der Waals surface area contributed by atoms with Crippen LogP contribution in [0.2, 0.25) is 5.02 Å². The number of anilines is 1. The predicted molar refractivity (Wildman–Crippen MR) is 110 cm³/mol. The van der Waals surface area contributed by atoms with Crippen LogP contribution in [0.25, 0.3) is 0 Å². The highest BCUT2D eigenvalue weighted by Gasteiger charge is 2.08. The number of carbonyl (C=O) groups excluding carboxylic acids is 2. The monoisotopic (exact) mass is 392 g/mol. The summed E-state index contributed by atoms with van der Waals surface area (Å²) in [6.45, 7) is 1.88. The molecule has 1 aromatic heterocycles. The van der Waals surface area contributed by atoms with E-state index in [-0.39, 0.29) is 11.8 Å². The average molecular weight is 393 g/mol. The first-order chi connectivity index (χ1) is 13.5. The van der Waals surface area contributed by atoms with Crippen molar-refractivity contribution in [2.45, 2.75) is 6.92 Å². The topological polar surface area (TPSA) is 83.5 Å². The number of benzene rings is 2. The SMILES string of the molecule is Cc1cccc(/C=N\NC(=O)c2ccc(NC(=O)c3ccc(Cl)cc3)cc2)n1. The molecule has 0 radical (unpaired) electrons. The van der Waals surface area contributed by atoms with Crippen molar-refractivity contribution in [2.24, 2.45) is 5.10 Å². The molecule has 1 heterocycles. The van der Waals surface area contributed by atoms with Gasteiger partial charge < -0.3 is 5.32 Å². The standard InChI is InChI=1S/C21H17ClN4O2/c1-14-3-2-4-19(24-14)13-23-26-21(28)16-7-11-18(12-8-16)25-20(27)15-5-9-17(22)10-6-15/h2-13H,1H3,(H,25,27)(H,26,28)/b23-13-. The summed E-state index contributed by atoms with van der Waals surface area (Å²) in [4.78, 5) is 28.6. The molecule has 0 fully saturated rings. The van der Waals surface area contributed by atoms with Crippen LogP contribution in [-0.2, 0) is 0 Å². The lowest BCUT2D eigenvalue weighted by atomic mass is 10.1. The number of nitrogens with zero attached hydrogens (tertiary/aromatic N) is 2. The summed E-state index contributed by atoms with van der Waals surface area (Å²) in [5.41, 5.74) is 5.45. The van der Waals surface area contributed by atoms with E-state index in [1.165, 1.54) is 6.21 Å². The van der Waals surface area contributed by atoms with Crippen molar-refractivity contribution in [3.05, 3.63) is 94.3 Å². The van der Waals surface area contributed by atoms with Crippen LogP contribution in [0.5, 0.6) is 0 Å². The van der Waals surface area contributed by atoms with Gasteiger partial charge in [-0.3, -0.25) is 14.6 Å². The number of aromatic nitrogens is 1. The molecule has 0 atom stereocenters. The molecule has 3 aromatic rings. The van der Waals surface area contributed by atoms with Crippen LogP contribution < -0.4 is 10.7 Å². The number of hydrogen-bond donors (Lipinski definition) is 2. The van der Waals surface area contributed by atoms with Gasteiger partial charge in [0.25, 0.3) is 11.8 Å². The molecule has 0 saturated carbocycles. The summed E-state index contributed by atoms with van der Waals surface area (Å²) in [6, 6.07) is 18.6. The second kappa shape index (κ2) is 8.92. The lowest BCUT2D eigenvalue weighted by Crippen LogP contribution is -2.18. The van der Waals surface area contributed by atoms with Crippen molar-refractivity contribution < 1.29 is 9.59 Å². The normalized spacial score (nSPS) is 10.6. The highest BCUT2D eigenvalue weighted by Crippen LogP contribution is 2.14. The minimum Gasteiger partial charge on any atom is -0.322 e. The first-order valence-corrected chi connectivity index (χ1v) is 8.83. The fourth-order valence-electron chi connectivity index (χ4n) is 2.37. The van der Waals surface area contributed by atoms with Crippen LogP contribution in [-0.4, -0.2) is 23.0 Å². The average Bonchev–Trinajstić information content (AvgIpc) is 2.69. The number of amides is 2. The largest absolute Gasteiger partial charge is 0.322 e. The lowest BCUT2D eigenvalue weighted by Gasteiger charge is -2.06. The van der Waals surface area contributed by atoms with Gasteiger partial charge in [0.05, 0.1) is 11.9 Å². The summed E-state index contributed by atoms with van der Waals surface area (Å²) in [6.07, 6.45) is 1.48. The molecule has 0 saturated heterocycles. The number of nitrogens with one attached hydrogen (secondary N) is 2. The van der Waals surface area contributed by atoms with Crippen molar-refractivity contribution in [3.8, 4) is 0 Å². The number of rotatable bonds is 5. The number of carbonyl (C=O) groups is 2. The molecular formula is C21H17ClN4O2. The highest BCUT2D eigenvalue weighted by molar-refractivity contribution is 6.30. The van der Waals surface area contributed by atoms with E-state index >= 15 is 0 Å². The van der Waals surface area contributed by atoms with Crippen molar-refractivity contribution >= 4 is 35.3 Å². The molecule has 0 aliphatic carbocycles. The van der Waals surface area contributed by atoms with Gasteiger partial charge in [-0.05, 0) is 67.6 Å². The quantitative estimate of drug-likeness (QED) is 0.507. The number of hydrogen-bond acceptors (Lipinski definition) is 4. The van der Waals surface area contributed by atoms with Crippen LogP contribution in [0.4, 0.5) is 5.69 Å². The third kappa shape index (κ3) is 5.25. The Morgan fingerprint density at radius 1 is 0.929 bits per heavy atom. The molecule has 2 aromatic carbocycles. The van der Waals surface area contributed by atoms with Gasteiger partial charge in [0.2, 0.25) is 0 Å². The van der Waals surface area contributed by atoms with E-state index < -0.39 is 0 Å². The van der Waals surface area contributed by atoms with Gasteiger partial charge in [-0.25, -0.2) is 5.43 Å². The van der Waals surface area contributed by atoms with E-state index in [1.54, 1.807) is 54.6 Å². The minimum absolute atomic E-state index is 0.260. The number of hydrazone groups is 1. The second-order valence-electron chi connectivity index (χ2n) is 5.94. The van der Waals surface area contributed by atoms with Gasteiger partial charge in [0, 0.05) is 27.5 Å². The minimum atomic E-state index is -0.362. The van der Waals surface area contributed by atoms with Crippen LogP contribution >= 0.6 is 11.6 Å². The van der Waals surface area contributed by atoms with E-state index in [9.17, 15) is 9.59 Å². The Morgan fingerprint density at radius 2 is 1.57 bits per heavy atom. The maximum absolute atomic E-state index is 12.2. The van der Waals surface area contributed by atoms with Crippen LogP contribution in [0.1, 0.15) is 32.1 Å². The number of aryl methyl sites for hydroxylation is 1. The first-order valence-electron chi connectivity index (χ1n) is 8.45. The fraction of sp³-hybridized carbons (Fsp3) is 0.0476. The van der Waals surface area contributed by atoms with Crippen molar-refractivity contribution in [2.75, 3.05) is 5.32 Å². The van der Waals surface area contributed by atoms with Crippen molar-refractivity contribution in [3.63, 3.8) is 0 Å². The van der Waals surface area contributed by atoms with Gasteiger partial charge in [0.15, 0.2) is 0 Å². The van der Waals surface area contributed by atoms with Crippen LogP contribution in [0.15, 0.2) is 71.8 Å². The molecule has 2 N–H and O–H groups in total. The van der Waals surface area contributed by atoms with Crippen molar-refractivity contribution in [1.29, 1.82) is 0 Å². The van der Waals surface area contributed by atoms with E-state index in [0.717, 1.165) is 5.69 Å². The molecule has 3 rings (SSSR count). The molecule has 7 heteroatoms. The Bertz CT molecular complexity index is 1020. The molecule has 0 spiro atoms. The van der Waals surface area contributed by atoms with E-state index in [1.807, 2.05) is 19.1 Å². The summed E-state index contributed by atoms with van der Waals surface area (Å²) in [5, 5.41) is 7.23. The lowest BCUT2D eigenvalue weighted by molar-refractivity contribution is 0.0954. The van der Waals surface area contributed by atoms with E-state index in [0.29, 0.717) is 27.5 Å². The molecule has 28 heavy (non-hydrogen) atoms. The number of halogens is 1. The van der Waals surface area contributed by atoms with Gasteiger partial charge in [0.1, 0.15) is 0 Å². The summed E-state index contributed by atoms with van der Waals surface area (Å²) < 4.78 is 0. The fourth-order valence-corrected chi connectivity index (χ4v) is 2.49. The molecule has 0 aliphatic rings. The first kappa shape index (κ1) is 19.3. The Labute approximate surface area is 167 Å². The van der Waals surface area contributed by atoms with Gasteiger partial charge in [-0.2, -0.15) is 5.10 Å². The number of pyridine rings is 1. The molecule has 2 amide bonds. The summed E-state index contributed by atoms with van der Waals surface area (Å²) in [5.74, 6) is -0.622. The highest BCUT2D eigenvalue weighted by atomic mass is 35.5. The molecule has 140 valence electrons. The summed E-state index contributed by atoms with van der Waals surface area (Å²) >= 11 is 5.82. The zero-order valence-corrected chi connectivity index (χ0v) is 15.8. The molecule has 0 bridgehead atoms. The van der Waals surface area contributed by atoms with Crippen LogP contribution in [0, 0.1) is 6.92 Å². The maximum Gasteiger partial charge on any atom is 0.271 e. The smallest absolute Gasteiger partial charge is 0.271 e. The Morgan fingerprint density at radius 3 is 2.25 bits per heavy atom. The van der Waals surface area contributed by atoms with Crippen LogP contribution in [0.3, 0.4) is 0 Å². The summed E-state index contributed by atoms with van der Waals surface area (Å²) in [7, 11) is 0. The third-order valence-corrected chi connectivity index (χ3v) is 4.04. The molecular weight excluding hydrogens is 376 g/mol. The van der Waals surface area contributed by atoms with Gasteiger partial charge in [-0.15, -0.1) is 0 Å². The van der Waals surface area contributed by atoms with E-state index in [4.69, 9.17) is 11.6 Å². The van der Waals surface area contributed by atoms with Gasteiger partial charge in [-0.1, -0.05) is 17.7 Å². The second-order valence-corrected chi connectivity index (χ2v) is 6.38. The zero-order chi connectivity index (χ0) is 19.9. The van der Waals surface area contributed by atoms with E-state index in [2.05, 4.69) is 20.8 Å². The Kier molecular flexibility index (Phi) is 6.14. The maximum atomic E-state index is 12.2. The molecule has 0 unspecified atom stereocenters. The molecule has 6 nitrogen and oxygen atoms in total. The predicted octanol–water partition coefficient (Wildman–Crippen LogP) is 4.06. The molecule has 0 aliphatic heterocycles. The Balaban J connectivity index is 1.58.